The van der Waals surface area contributed by atoms with E-state index < -0.39 is 0 Å². The van der Waals surface area contributed by atoms with Gasteiger partial charge in [-0.3, -0.25) is 0 Å². The van der Waals surface area contributed by atoms with Gasteiger partial charge in [0, 0.05) is 19.1 Å². The highest BCUT2D eigenvalue weighted by atomic mass is 16.3. The normalized spacial score (nSPS) is 31.7. The standard InChI is InChI=1S/C11H24N2O/c1-4-10(14)7-12-11-5-6-13(3)8-9(11)2/h9-12,14H,4-8H2,1-3H3. The summed E-state index contributed by atoms with van der Waals surface area (Å²) in [5.41, 5.74) is 0. The molecule has 0 amide bonds. The molecule has 84 valence electrons. The molecule has 1 aliphatic heterocycles. The van der Waals surface area contributed by atoms with Gasteiger partial charge in [0.1, 0.15) is 0 Å². The predicted molar refractivity (Wildman–Crippen MR) is 59.4 cm³/mol. The second-order valence-electron chi connectivity index (χ2n) is 4.61. The maximum absolute atomic E-state index is 9.45. The van der Waals surface area contributed by atoms with Crippen molar-refractivity contribution in [3.63, 3.8) is 0 Å². The number of nitrogens with zero attached hydrogens (tertiary/aromatic N) is 1. The molecule has 3 nitrogen and oxygen atoms in total. The van der Waals surface area contributed by atoms with E-state index in [1.54, 1.807) is 0 Å². The van der Waals surface area contributed by atoms with Gasteiger partial charge in [0.15, 0.2) is 0 Å². The zero-order valence-corrected chi connectivity index (χ0v) is 9.66. The minimum Gasteiger partial charge on any atom is -0.392 e. The molecule has 0 aromatic carbocycles. The number of rotatable bonds is 4. The Morgan fingerprint density at radius 2 is 2.29 bits per heavy atom. The maximum atomic E-state index is 9.45. The third-order valence-corrected chi connectivity index (χ3v) is 3.20. The van der Waals surface area contributed by atoms with E-state index >= 15 is 0 Å². The van der Waals surface area contributed by atoms with E-state index in [9.17, 15) is 5.11 Å². The number of aliphatic hydroxyl groups excluding tert-OH is 1. The van der Waals surface area contributed by atoms with Crippen molar-refractivity contribution in [1.82, 2.24) is 10.2 Å². The average molecular weight is 200 g/mol. The molecule has 1 rings (SSSR count). The Morgan fingerprint density at radius 3 is 2.86 bits per heavy atom. The van der Waals surface area contributed by atoms with E-state index in [1.165, 1.54) is 19.5 Å². The molecule has 0 bridgehead atoms. The molecule has 1 aliphatic rings. The van der Waals surface area contributed by atoms with Gasteiger partial charge in [0.2, 0.25) is 0 Å². The summed E-state index contributed by atoms with van der Waals surface area (Å²) in [5.74, 6) is 0.692. The summed E-state index contributed by atoms with van der Waals surface area (Å²) >= 11 is 0. The lowest BCUT2D eigenvalue weighted by Crippen LogP contribution is -2.48. The number of piperidine rings is 1. The summed E-state index contributed by atoms with van der Waals surface area (Å²) in [4.78, 5) is 2.37. The van der Waals surface area contributed by atoms with Crippen molar-refractivity contribution < 1.29 is 5.11 Å². The average Bonchev–Trinajstić information content (AvgIpc) is 2.16. The van der Waals surface area contributed by atoms with Crippen LogP contribution in [0.1, 0.15) is 26.7 Å². The van der Waals surface area contributed by atoms with Gasteiger partial charge in [-0.25, -0.2) is 0 Å². The number of likely N-dealkylation sites (tertiary alicyclic amines) is 1. The first-order valence-corrected chi connectivity index (χ1v) is 5.73. The van der Waals surface area contributed by atoms with Crippen LogP contribution in [0.15, 0.2) is 0 Å². The molecule has 1 heterocycles. The van der Waals surface area contributed by atoms with Gasteiger partial charge in [-0.1, -0.05) is 13.8 Å². The highest BCUT2D eigenvalue weighted by molar-refractivity contribution is 4.81. The van der Waals surface area contributed by atoms with Gasteiger partial charge in [-0.2, -0.15) is 0 Å². The van der Waals surface area contributed by atoms with Gasteiger partial charge in [-0.15, -0.1) is 0 Å². The molecule has 2 N–H and O–H groups in total. The number of hydrogen-bond acceptors (Lipinski definition) is 3. The van der Waals surface area contributed by atoms with E-state index in [1.807, 2.05) is 6.92 Å². The Kier molecular flexibility index (Phi) is 4.85. The molecule has 0 aromatic rings. The van der Waals surface area contributed by atoms with E-state index in [4.69, 9.17) is 0 Å². The van der Waals surface area contributed by atoms with E-state index in [0.717, 1.165) is 13.0 Å². The van der Waals surface area contributed by atoms with Crippen molar-refractivity contribution in [3.8, 4) is 0 Å². The van der Waals surface area contributed by atoms with Crippen LogP contribution >= 0.6 is 0 Å². The van der Waals surface area contributed by atoms with Crippen LogP contribution in [0.2, 0.25) is 0 Å². The molecule has 1 fully saturated rings. The quantitative estimate of drug-likeness (QED) is 0.701. The molecule has 0 saturated carbocycles. The van der Waals surface area contributed by atoms with Crippen molar-refractivity contribution >= 4 is 0 Å². The van der Waals surface area contributed by atoms with Gasteiger partial charge in [0.25, 0.3) is 0 Å². The fourth-order valence-corrected chi connectivity index (χ4v) is 2.09. The third-order valence-electron chi connectivity index (χ3n) is 3.20. The Morgan fingerprint density at radius 1 is 1.57 bits per heavy atom. The zero-order valence-electron chi connectivity index (χ0n) is 9.66. The molecule has 0 spiro atoms. The SMILES string of the molecule is CCC(O)CNC1CCN(C)CC1C. The highest BCUT2D eigenvalue weighted by Gasteiger charge is 2.23. The molecule has 3 heteroatoms. The van der Waals surface area contributed by atoms with Crippen molar-refractivity contribution in [1.29, 1.82) is 0 Å². The summed E-state index contributed by atoms with van der Waals surface area (Å²) in [5, 5.41) is 12.9. The summed E-state index contributed by atoms with van der Waals surface area (Å²) in [7, 11) is 2.17. The number of aliphatic hydroxyl groups is 1. The number of nitrogens with one attached hydrogen (secondary N) is 1. The first-order valence-electron chi connectivity index (χ1n) is 5.73. The summed E-state index contributed by atoms with van der Waals surface area (Å²) in [6, 6.07) is 0.590. The molecule has 14 heavy (non-hydrogen) atoms. The van der Waals surface area contributed by atoms with Gasteiger partial charge >= 0.3 is 0 Å². The second-order valence-corrected chi connectivity index (χ2v) is 4.61. The van der Waals surface area contributed by atoms with Gasteiger partial charge < -0.3 is 15.3 Å². The largest absolute Gasteiger partial charge is 0.392 e. The zero-order chi connectivity index (χ0) is 10.6. The van der Waals surface area contributed by atoms with Crippen LogP contribution in [0.5, 0.6) is 0 Å². The molecule has 0 radical (unpaired) electrons. The molecule has 3 unspecified atom stereocenters. The monoisotopic (exact) mass is 200 g/mol. The fourth-order valence-electron chi connectivity index (χ4n) is 2.09. The minimum atomic E-state index is -0.179. The van der Waals surface area contributed by atoms with Crippen LogP contribution in [0, 0.1) is 5.92 Å². The lowest BCUT2D eigenvalue weighted by atomic mass is 9.94. The molecular formula is C11H24N2O. The van der Waals surface area contributed by atoms with Crippen LogP contribution in [-0.4, -0.2) is 48.8 Å². The molecule has 3 atom stereocenters. The lowest BCUT2D eigenvalue weighted by Gasteiger charge is -2.35. The summed E-state index contributed by atoms with van der Waals surface area (Å²) < 4.78 is 0. The van der Waals surface area contributed by atoms with Crippen LogP contribution < -0.4 is 5.32 Å². The fraction of sp³-hybridized carbons (Fsp3) is 1.00. The topological polar surface area (TPSA) is 35.5 Å². The van der Waals surface area contributed by atoms with Crippen molar-refractivity contribution in [3.05, 3.63) is 0 Å². The predicted octanol–water partition coefficient (Wildman–Crippen LogP) is 0.687. The lowest BCUT2D eigenvalue weighted by molar-refractivity contribution is 0.134. The molecule has 0 aromatic heterocycles. The second kappa shape index (κ2) is 5.69. The molecule has 0 aliphatic carbocycles. The maximum Gasteiger partial charge on any atom is 0.0662 e. The molecular weight excluding hydrogens is 176 g/mol. The third kappa shape index (κ3) is 3.56. The van der Waals surface area contributed by atoms with E-state index in [-0.39, 0.29) is 6.10 Å². The van der Waals surface area contributed by atoms with E-state index in [2.05, 4.69) is 24.2 Å². The van der Waals surface area contributed by atoms with Crippen molar-refractivity contribution in [2.45, 2.75) is 38.8 Å². The van der Waals surface area contributed by atoms with E-state index in [0.29, 0.717) is 12.0 Å². The smallest absolute Gasteiger partial charge is 0.0662 e. The highest BCUT2D eigenvalue weighted by Crippen LogP contribution is 2.15. The summed E-state index contributed by atoms with van der Waals surface area (Å²) in [6.07, 6.45) is 1.86. The first-order chi connectivity index (χ1) is 6.63. The van der Waals surface area contributed by atoms with Crippen LogP contribution in [0.4, 0.5) is 0 Å². The first kappa shape index (κ1) is 12.0. The van der Waals surface area contributed by atoms with Gasteiger partial charge in [-0.05, 0) is 32.4 Å². The summed E-state index contributed by atoms with van der Waals surface area (Å²) in [6.45, 7) is 7.38. The van der Waals surface area contributed by atoms with Crippen LogP contribution in [0.25, 0.3) is 0 Å². The minimum absolute atomic E-state index is 0.179. The Balaban J connectivity index is 2.24. The number of hydrogen-bond donors (Lipinski definition) is 2. The Bertz CT molecular complexity index is 163. The van der Waals surface area contributed by atoms with Crippen LogP contribution in [0.3, 0.4) is 0 Å². The van der Waals surface area contributed by atoms with Crippen molar-refractivity contribution in [2.24, 2.45) is 5.92 Å². The van der Waals surface area contributed by atoms with Crippen LogP contribution in [-0.2, 0) is 0 Å². The van der Waals surface area contributed by atoms with Crippen molar-refractivity contribution in [2.75, 3.05) is 26.7 Å². The molecule has 1 saturated heterocycles. The Labute approximate surface area is 87.5 Å². The Hall–Kier alpha value is -0.120. The van der Waals surface area contributed by atoms with Gasteiger partial charge in [0.05, 0.1) is 6.10 Å².